The van der Waals surface area contributed by atoms with Crippen LogP contribution >= 0.6 is 0 Å². The molecule has 1 atom stereocenters. The highest BCUT2D eigenvalue weighted by Gasteiger charge is 2.13. The number of hydrogen-bond donors (Lipinski definition) is 0. The molecule has 0 aromatic carbocycles. The molecule has 3 heteroatoms. The summed E-state index contributed by atoms with van der Waals surface area (Å²) in [6.45, 7) is 5.37. The molecule has 0 aliphatic rings. The molecular weight excluding hydrogens is 140 g/mol. The zero-order valence-corrected chi connectivity index (χ0v) is 7.66. The fourth-order valence-corrected chi connectivity index (χ4v) is 0.675. The third-order valence-corrected chi connectivity index (χ3v) is 1.83. The summed E-state index contributed by atoms with van der Waals surface area (Å²) >= 11 is 0. The van der Waals surface area contributed by atoms with E-state index in [1.165, 1.54) is 6.08 Å². The van der Waals surface area contributed by atoms with Gasteiger partial charge in [0.25, 0.3) is 0 Å². The molecule has 11 heavy (non-hydrogen) atoms. The molecule has 1 unspecified atom stereocenters. The van der Waals surface area contributed by atoms with Gasteiger partial charge in [0, 0.05) is 7.05 Å². The fourth-order valence-electron chi connectivity index (χ4n) is 0.675. The van der Waals surface area contributed by atoms with E-state index in [0.717, 1.165) is 0 Å². The first-order valence-electron chi connectivity index (χ1n) is 3.56. The number of carbonyl (C=O) groups excluding carboxylic acids is 1. The van der Waals surface area contributed by atoms with Crippen molar-refractivity contribution in [3.63, 3.8) is 0 Å². The molecule has 0 saturated heterocycles. The van der Waals surface area contributed by atoms with Gasteiger partial charge < -0.3 is 4.90 Å². The minimum absolute atomic E-state index is 0.0498. The Morgan fingerprint density at radius 2 is 1.91 bits per heavy atom. The zero-order chi connectivity index (χ0) is 9.02. The van der Waals surface area contributed by atoms with Crippen LogP contribution in [0.5, 0.6) is 0 Å². The van der Waals surface area contributed by atoms with Crippen molar-refractivity contribution < 1.29 is 4.79 Å². The average Bonchev–Trinajstić information content (AvgIpc) is 2.00. The molecule has 1 amide bonds. The molecule has 0 aliphatic heterocycles. The van der Waals surface area contributed by atoms with Gasteiger partial charge in [0.05, 0.1) is 6.17 Å². The van der Waals surface area contributed by atoms with E-state index in [2.05, 4.69) is 6.58 Å². The summed E-state index contributed by atoms with van der Waals surface area (Å²) in [6, 6.07) is 0. The van der Waals surface area contributed by atoms with Gasteiger partial charge in [0.1, 0.15) is 0 Å². The molecule has 0 aromatic rings. The van der Waals surface area contributed by atoms with Gasteiger partial charge in [-0.05, 0) is 27.1 Å². The van der Waals surface area contributed by atoms with Crippen LogP contribution in [-0.2, 0) is 4.79 Å². The lowest BCUT2D eigenvalue weighted by Crippen LogP contribution is -2.43. The first kappa shape index (κ1) is 10.2. The standard InChI is InChI=1S/C8H16N2O/c1-6-8(11)10(5)7(2)9(3)4/h6-7H,1H2,2-5H3. The lowest BCUT2D eigenvalue weighted by molar-refractivity contribution is -0.129. The van der Waals surface area contributed by atoms with Gasteiger partial charge in [-0.3, -0.25) is 9.69 Å². The van der Waals surface area contributed by atoms with Gasteiger partial charge >= 0.3 is 0 Å². The molecule has 0 aliphatic carbocycles. The minimum atomic E-state index is -0.0498. The Morgan fingerprint density at radius 1 is 1.45 bits per heavy atom. The third-order valence-electron chi connectivity index (χ3n) is 1.83. The summed E-state index contributed by atoms with van der Waals surface area (Å²) in [5.41, 5.74) is 0. The van der Waals surface area contributed by atoms with E-state index >= 15 is 0 Å². The molecule has 64 valence electrons. The Morgan fingerprint density at radius 3 is 2.18 bits per heavy atom. The van der Waals surface area contributed by atoms with Crippen molar-refractivity contribution in [1.82, 2.24) is 9.80 Å². The molecule has 0 rings (SSSR count). The third kappa shape index (κ3) is 2.72. The van der Waals surface area contributed by atoms with Crippen molar-refractivity contribution in [1.29, 1.82) is 0 Å². The van der Waals surface area contributed by atoms with E-state index in [1.807, 2.05) is 25.9 Å². The summed E-state index contributed by atoms with van der Waals surface area (Å²) in [5.74, 6) is -0.0498. The van der Waals surface area contributed by atoms with Crippen LogP contribution in [0.4, 0.5) is 0 Å². The highest BCUT2D eigenvalue weighted by Crippen LogP contribution is 1.98. The number of hydrogen-bond acceptors (Lipinski definition) is 2. The average molecular weight is 156 g/mol. The molecule has 0 saturated carbocycles. The van der Waals surface area contributed by atoms with Gasteiger partial charge in [-0.2, -0.15) is 0 Å². The topological polar surface area (TPSA) is 23.6 Å². The summed E-state index contributed by atoms with van der Waals surface area (Å²) in [7, 11) is 5.61. The minimum Gasteiger partial charge on any atom is -0.327 e. The quantitative estimate of drug-likeness (QED) is 0.440. The number of rotatable bonds is 3. The maximum atomic E-state index is 11.0. The van der Waals surface area contributed by atoms with Crippen LogP contribution in [0.3, 0.4) is 0 Å². The molecule has 0 N–H and O–H groups in total. The van der Waals surface area contributed by atoms with Crippen LogP contribution in [0, 0.1) is 0 Å². The van der Waals surface area contributed by atoms with E-state index in [1.54, 1.807) is 11.9 Å². The summed E-state index contributed by atoms with van der Waals surface area (Å²) in [5, 5.41) is 0. The Hall–Kier alpha value is -0.830. The maximum absolute atomic E-state index is 11.0. The van der Waals surface area contributed by atoms with Crippen molar-refractivity contribution in [2.45, 2.75) is 13.1 Å². The van der Waals surface area contributed by atoms with Crippen molar-refractivity contribution >= 4 is 5.91 Å². The zero-order valence-electron chi connectivity index (χ0n) is 7.66. The van der Waals surface area contributed by atoms with Gasteiger partial charge in [-0.25, -0.2) is 0 Å². The van der Waals surface area contributed by atoms with Gasteiger partial charge in [0.2, 0.25) is 5.91 Å². The Kier molecular flexibility index (Phi) is 3.82. The molecule has 0 heterocycles. The SMILES string of the molecule is C=CC(=O)N(C)C(C)N(C)C. The number of amides is 1. The highest BCUT2D eigenvalue weighted by molar-refractivity contribution is 5.86. The van der Waals surface area contributed by atoms with Crippen LogP contribution in [0.25, 0.3) is 0 Å². The normalized spacial score (nSPS) is 12.8. The van der Waals surface area contributed by atoms with Crippen molar-refractivity contribution in [2.24, 2.45) is 0 Å². The molecule has 0 bridgehead atoms. The van der Waals surface area contributed by atoms with E-state index in [-0.39, 0.29) is 12.1 Å². The fraction of sp³-hybridized carbons (Fsp3) is 0.625. The van der Waals surface area contributed by atoms with E-state index in [9.17, 15) is 4.79 Å². The summed E-state index contributed by atoms with van der Waals surface area (Å²) < 4.78 is 0. The summed E-state index contributed by atoms with van der Waals surface area (Å²) in [4.78, 5) is 14.6. The largest absolute Gasteiger partial charge is 0.327 e. The molecular formula is C8H16N2O. The Balaban J connectivity index is 4.11. The monoisotopic (exact) mass is 156 g/mol. The Bertz CT molecular complexity index is 154. The van der Waals surface area contributed by atoms with Crippen LogP contribution < -0.4 is 0 Å². The van der Waals surface area contributed by atoms with E-state index in [0.29, 0.717) is 0 Å². The smallest absolute Gasteiger partial charge is 0.246 e. The van der Waals surface area contributed by atoms with Gasteiger partial charge in [-0.1, -0.05) is 6.58 Å². The second-order valence-corrected chi connectivity index (χ2v) is 2.75. The van der Waals surface area contributed by atoms with Gasteiger partial charge in [-0.15, -0.1) is 0 Å². The number of carbonyl (C=O) groups is 1. The van der Waals surface area contributed by atoms with Crippen molar-refractivity contribution in [3.8, 4) is 0 Å². The van der Waals surface area contributed by atoms with E-state index in [4.69, 9.17) is 0 Å². The lowest BCUT2D eigenvalue weighted by atomic mass is 10.4. The Labute approximate surface area is 68.3 Å². The molecule has 0 aromatic heterocycles. The highest BCUT2D eigenvalue weighted by atomic mass is 16.2. The first-order valence-corrected chi connectivity index (χ1v) is 3.56. The second-order valence-electron chi connectivity index (χ2n) is 2.75. The predicted octanol–water partition coefficient (Wildman–Crippen LogP) is 0.538. The van der Waals surface area contributed by atoms with Crippen LogP contribution in [0.1, 0.15) is 6.92 Å². The molecule has 0 radical (unpaired) electrons. The van der Waals surface area contributed by atoms with Crippen molar-refractivity contribution in [2.75, 3.05) is 21.1 Å². The lowest BCUT2D eigenvalue weighted by Gasteiger charge is -2.29. The van der Waals surface area contributed by atoms with E-state index < -0.39 is 0 Å². The second kappa shape index (κ2) is 4.13. The molecule has 0 spiro atoms. The molecule has 3 nitrogen and oxygen atoms in total. The summed E-state index contributed by atoms with van der Waals surface area (Å²) in [6.07, 6.45) is 1.43. The van der Waals surface area contributed by atoms with Crippen LogP contribution in [0.15, 0.2) is 12.7 Å². The number of nitrogens with zero attached hydrogens (tertiary/aromatic N) is 2. The van der Waals surface area contributed by atoms with Crippen LogP contribution in [0.2, 0.25) is 0 Å². The number of likely N-dealkylation sites (N-methyl/N-ethyl adjacent to an activating group) is 1. The maximum Gasteiger partial charge on any atom is 0.246 e. The predicted molar refractivity (Wildman–Crippen MR) is 46.1 cm³/mol. The van der Waals surface area contributed by atoms with Crippen molar-refractivity contribution in [3.05, 3.63) is 12.7 Å². The van der Waals surface area contributed by atoms with Gasteiger partial charge in [0.15, 0.2) is 0 Å². The molecule has 0 fully saturated rings. The van der Waals surface area contributed by atoms with Crippen LogP contribution in [-0.4, -0.2) is 43.0 Å². The first-order chi connectivity index (χ1) is 5.00.